The molecule has 4 nitrogen and oxygen atoms in total. The van der Waals surface area contributed by atoms with Gasteiger partial charge in [-0.15, -0.1) is 0 Å². The molecule has 0 spiro atoms. The lowest BCUT2D eigenvalue weighted by Gasteiger charge is -2.18. The molecule has 0 unspecified atom stereocenters. The summed E-state index contributed by atoms with van der Waals surface area (Å²) in [6, 6.07) is 14.1. The Morgan fingerprint density at radius 3 is 2.31 bits per heavy atom. The highest BCUT2D eigenvalue weighted by Crippen LogP contribution is 2.47. The number of hydrogen-bond donors (Lipinski definition) is 1. The van der Waals surface area contributed by atoms with Crippen molar-refractivity contribution in [2.45, 2.75) is 42.2 Å². The first-order valence-electron chi connectivity index (χ1n) is 8.63. The Balaban J connectivity index is 1.79. The maximum Gasteiger partial charge on any atom is 0.252 e. The lowest BCUT2D eigenvalue weighted by molar-refractivity contribution is 0.0946. The Bertz CT molecular complexity index is 916. The van der Waals surface area contributed by atoms with Gasteiger partial charge in [0.25, 0.3) is 5.91 Å². The van der Waals surface area contributed by atoms with Crippen LogP contribution < -0.4 is 5.32 Å². The topological polar surface area (TPSA) is 63.2 Å². The van der Waals surface area contributed by atoms with Gasteiger partial charge in [0.15, 0.2) is 9.84 Å². The van der Waals surface area contributed by atoms with E-state index < -0.39 is 15.1 Å². The van der Waals surface area contributed by atoms with Crippen molar-refractivity contribution >= 4 is 27.3 Å². The Kier molecular flexibility index (Phi) is 5.13. The molecule has 0 bridgehead atoms. The van der Waals surface area contributed by atoms with Gasteiger partial charge in [-0.2, -0.15) is 0 Å². The van der Waals surface area contributed by atoms with Crippen molar-refractivity contribution in [1.82, 2.24) is 5.32 Å². The van der Waals surface area contributed by atoms with E-state index in [-0.39, 0.29) is 21.8 Å². The van der Waals surface area contributed by atoms with E-state index >= 15 is 0 Å². The fraction of sp³-hybridized carbons (Fsp3) is 0.350. The average Bonchev–Trinajstić information content (AvgIpc) is 3.41. The van der Waals surface area contributed by atoms with Gasteiger partial charge >= 0.3 is 0 Å². The summed E-state index contributed by atoms with van der Waals surface area (Å²) in [4.78, 5) is 12.8. The van der Waals surface area contributed by atoms with E-state index in [0.717, 1.165) is 18.4 Å². The highest BCUT2D eigenvalue weighted by Gasteiger charge is 2.44. The number of amides is 1. The molecule has 0 aromatic heterocycles. The predicted octanol–water partition coefficient (Wildman–Crippen LogP) is 3.98. The van der Waals surface area contributed by atoms with Crippen LogP contribution >= 0.6 is 11.6 Å². The molecule has 0 aliphatic heterocycles. The molecule has 0 atom stereocenters. The minimum Gasteiger partial charge on any atom is -0.351 e. The second-order valence-electron chi connectivity index (χ2n) is 7.06. The molecule has 2 aromatic carbocycles. The maximum absolute atomic E-state index is 12.7. The number of hydrogen-bond acceptors (Lipinski definition) is 3. The summed E-state index contributed by atoms with van der Waals surface area (Å²) in [7, 11) is -3.52. The van der Waals surface area contributed by atoms with Crippen LogP contribution in [0.3, 0.4) is 0 Å². The molecular weight excluding hydrogens is 370 g/mol. The standard InChI is InChI=1S/C20H22ClNO3S/c1-14(2)26(24,25)18-6-4-3-5-17(18)19(23)22-13-20(11-12-20)15-7-9-16(21)10-8-15/h3-10,14H,11-13H2,1-2H3,(H,22,23). The lowest BCUT2D eigenvalue weighted by Crippen LogP contribution is -2.33. The van der Waals surface area contributed by atoms with Crippen LogP contribution in [0.1, 0.15) is 42.6 Å². The van der Waals surface area contributed by atoms with Gasteiger partial charge < -0.3 is 5.32 Å². The summed E-state index contributed by atoms with van der Waals surface area (Å²) < 4.78 is 25.1. The molecule has 0 radical (unpaired) electrons. The van der Waals surface area contributed by atoms with Crippen molar-refractivity contribution in [2.24, 2.45) is 0 Å². The van der Waals surface area contributed by atoms with E-state index in [9.17, 15) is 13.2 Å². The van der Waals surface area contributed by atoms with Crippen molar-refractivity contribution < 1.29 is 13.2 Å². The van der Waals surface area contributed by atoms with Gasteiger partial charge in [-0.1, -0.05) is 35.9 Å². The zero-order chi connectivity index (χ0) is 18.9. The fourth-order valence-electron chi connectivity index (χ4n) is 3.02. The van der Waals surface area contributed by atoms with Gasteiger partial charge in [-0.05, 0) is 56.5 Å². The number of rotatable bonds is 6. The van der Waals surface area contributed by atoms with E-state index in [1.807, 2.05) is 24.3 Å². The number of carbonyl (C=O) groups excluding carboxylic acids is 1. The molecule has 1 saturated carbocycles. The van der Waals surface area contributed by atoms with Crippen LogP contribution in [0.5, 0.6) is 0 Å². The first-order chi connectivity index (χ1) is 12.3. The van der Waals surface area contributed by atoms with Gasteiger partial charge in [0.2, 0.25) is 0 Å². The number of carbonyl (C=O) groups is 1. The largest absolute Gasteiger partial charge is 0.351 e. The minimum atomic E-state index is -3.52. The second kappa shape index (κ2) is 7.05. The zero-order valence-corrected chi connectivity index (χ0v) is 16.4. The van der Waals surface area contributed by atoms with Crippen LogP contribution in [0.2, 0.25) is 5.02 Å². The first kappa shape index (κ1) is 18.9. The molecule has 1 aliphatic carbocycles. The number of sulfone groups is 1. The molecule has 1 N–H and O–H groups in total. The normalized spacial score (nSPS) is 15.7. The van der Waals surface area contributed by atoms with Crippen LogP contribution in [-0.4, -0.2) is 26.1 Å². The number of benzene rings is 2. The van der Waals surface area contributed by atoms with Crippen molar-refractivity contribution in [2.75, 3.05) is 6.54 Å². The van der Waals surface area contributed by atoms with Gasteiger partial charge in [0.05, 0.1) is 15.7 Å². The van der Waals surface area contributed by atoms with Crippen molar-refractivity contribution in [1.29, 1.82) is 0 Å². The van der Waals surface area contributed by atoms with Crippen molar-refractivity contribution in [3.8, 4) is 0 Å². The monoisotopic (exact) mass is 391 g/mol. The van der Waals surface area contributed by atoms with Crippen LogP contribution in [0.15, 0.2) is 53.4 Å². The van der Waals surface area contributed by atoms with Gasteiger partial charge in [-0.3, -0.25) is 4.79 Å². The lowest BCUT2D eigenvalue weighted by atomic mass is 9.96. The van der Waals surface area contributed by atoms with Crippen LogP contribution in [0, 0.1) is 0 Å². The van der Waals surface area contributed by atoms with E-state index in [1.54, 1.807) is 32.0 Å². The van der Waals surface area contributed by atoms with Crippen LogP contribution in [0.4, 0.5) is 0 Å². The smallest absolute Gasteiger partial charge is 0.252 e. The quantitative estimate of drug-likeness (QED) is 0.809. The molecule has 1 fully saturated rings. The van der Waals surface area contributed by atoms with Gasteiger partial charge in [-0.25, -0.2) is 8.42 Å². The SMILES string of the molecule is CC(C)S(=O)(=O)c1ccccc1C(=O)NCC1(c2ccc(Cl)cc2)CC1. The molecule has 1 amide bonds. The number of halogens is 1. The Morgan fingerprint density at radius 2 is 1.73 bits per heavy atom. The Labute approximate surface area is 159 Å². The molecule has 138 valence electrons. The predicted molar refractivity (Wildman–Crippen MR) is 103 cm³/mol. The molecular formula is C20H22ClNO3S. The van der Waals surface area contributed by atoms with Crippen LogP contribution in [0.25, 0.3) is 0 Å². The van der Waals surface area contributed by atoms with E-state index in [1.165, 1.54) is 6.07 Å². The average molecular weight is 392 g/mol. The van der Waals surface area contributed by atoms with Crippen molar-refractivity contribution in [3.63, 3.8) is 0 Å². The highest BCUT2D eigenvalue weighted by atomic mass is 35.5. The minimum absolute atomic E-state index is 0.0773. The molecule has 0 saturated heterocycles. The third-order valence-electron chi connectivity index (χ3n) is 4.96. The van der Waals surface area contributed by atoms with E-state index in [2.05, 4.69) is 5.32 Å². The molecule has 0 heterocycles. The highest BCUT2D eigenvalue weighted by molar-refractivity contribution is 7.92. The third kappa shape index (κ3) is 3.64. The molecule has 26 heavy (non-hydrogen) atoms. The molecule has 6 heteroatoms. The second-order valence-corrected chi connectivity index (χ2v) is 9.97. The maximum atomic E-state index is 12.7. The Hall–Kier alpha value is -1.85. The van der Waals surface area contributed by atoms with Crippen molar-refractivity contribution in [3.05, 3.63) is 64.7 Å². The van der Waals surface area contributed by atoms with E-state index in [0.29, 0.717) is 11.6 Å². The summed E-state index contributed by atoms with van der Waals surface area (Å²) in [5, 5.41) is 3.03. The van der Waals surface area contributed by atoms with Crippen LogP contribution in [-0.2, 0) is 15.3 Å². The summed E-state index contributed by atoms with van der Waals surface area (Å²) in [5.41, 5.74) is 1.27. The summed E-state index contributed by atoms with van der Waals surface area (Å²) in [5.74, 6) is -0.356. The summed E-state index contributed by atoms with van der Waals surface area (Å²) in [6.45, 7) is 3.71. The molecule has 1 aliphatic rings. The molecule has 2 aromatic rings. The zero-order valence-electron chi connectivity index (χ0n) is 14.8. The number of nitrogens with one attached hydrogen (secondary N) is 1. The first-order valence-corrected chi connectivity index (χ1v) is 10.6. The molecule has 3 rings (SSSR count). The third-order valence-corrected chi connectivity index (χ3v) is 7.42. The Morgan fingerprint density at radius 1 is 1.12 bits per heavy atom. The summed E-state index contributed by atoms with van der Waals surface area (Å²) >= 11 is 5.95. The fourth-order valence-corrected chi connectivity index (χ4v) is 4.39. The summed E-state index contributed by atoms with van der Waals surface area (Å²) in [6.07, 6.45) is 1.97. The van der Waals surface area contributed by atoms with E-state index in [4.69, 9.17) is 11.6 Å². The van der Waals surface area contributed by atoms with Gasteiger partial charge in [0.1, 0.15) is 0 Å². The van der Waals surface area contributed by atoms with Gasteiger partial charge in [0, 0.05) is 17.0 Å².